The molecular weight excluding hydrogens is 235 g/mol. The Labute approximate surface area is 107 Å². The Balaban J connectivity index is 1.82. The predicted molar refractivity (Wildman–Crippen MR) is 71.8 cm³/mol. The molecule has 1 aromatic carbocycles. The Morgan fingerprint density at radius 2 is 2.41 bits per heavy atom. The van der Waals surface area contributed by atoms with E-state index in [0.717, 1.165) is 25.2 Å². The highest BCUT2D eigenvalue weighted by molar-refractivity contribution is 7.99. The maximum atomic E-state index is 13.0. The lowest BCUT2D eigenvalue weighted by atomic mass is 10.2. The summed E-state index contributed by atoms with van der Waals surface area (Å²) in [5, 5.41) is 3.51. The summed E-state index contributed by atoms with van der Waals surface area (Å²) in [7, 11) is 2.09. The number of thioether (sulfide) groups is 1. The van der Waals surface area contributed by atoms with Gasteiger partial charge in [0.05, 0.1) is 0 Å². The molecule has 1 aromatic rings. The van der Waals surface area contributed by atoms with Crippen molar-refractivity contribution in [1.82, 2.24) is 10.2 Å². The van der Waals surface area contributed by atoms with Gasteiger partial charge < -0.3 is 10.2 Å². The zero-order valence-electron chi connectivity index (χ0n) is 10.2. The van der Waals surface area contributed by atoms with E-state index in [4.69, 9.17) is 0 Å². The average Bonchev–Trinajstić information content (AvgIpc) is 2.30. The van der Waals surface area contributed by atoms with E-state index in [1.165, 1.54) is 17.6 Å². The fourth-order valence-corrected chi connectivity index (χ4v) is 3.06. The van der Waals surface area contributed by atoms with E-state index in [9.17, 15) is 4.39 Å². The molecule has 1 fully saturated rings. The summed E-state index contributed by atoms with van der Waals surface area (Å²) in [5.41, 5.74) is 1.04. The highest BCUT2D eigenvalue weighted by atomic mass is 32.2. The summed E-state index contributed by atoms with van der Waals surface area (Å²) in [6.45, 7) is 2.92. The van der Waals surface area contributed by atoms with E-state index in [2.05, 4.69) is 17.3 Å². The van der Waals surface area contributed by atoms with Gasteiger partial charge in [-0.2, -0.15) is 11.8 Å². The molecule has 0 aromatic heterocycles. The van der Waals surface area contributed by atoms with E-state index in [1.807, 2.05) is 17.8 Å². The van der Waals surface area contributed by atoms with Crippen molar-refractivity contribution in [3.8, 4) is 0 Å². The maximum absolute atomic E-state index is 13.0. The number of likely N-dealkylation sites (N-methyl/N-ethyl adjacent to an activating group) is 1. The first-order chi connectivity index (χ1) is 8.24. The third-order valence-electron chi connectivity index (χ3n) is 2.87. The smallest absolute Gasteiger partial charge is 0.123 e. The number of benzene rings is 1. The standard InChI is InChI=1S/C13H19FN2S/c1-16(9-13-10-17-6-5-15-13)8-11-3-2-4-12(14)7-11/h2-4,7,13,15H,5-6,8-10H2,1H3. The van der Waals surface area contributed by atoms with Crippen LogP contribution in [-0.4, -0.2) is 42.6 Å². The molecule has 1 N–H and O–H groups in total. The second kappa shape index (κ2) is 6.38. The van der Waals surface area contributed by atoms with Crippen molar-refractivity contribution in [2.75, 3.05) is 31.6 Å². The molecule has 1 atom stereocenters. The van der Waals surface area contributed by atoms with Crippen molar-refractivity contribution in [3.05, 3.63) is 35.6 Å². The zero-order valence-corrected chi connectivity index (χ0v) is 11.0. The topological polar surface area (TPSA) is 15.3 Å². The van der Waals surface area contributed by atoms with Gasteiger partial charge in [0.1, 0.15) is 5.82 Å². The molecule has 0 aliphatic carbocycles. The van der Waals surface area contributed by atoms with Gasteiger partial charge in [-0.15, -0.1) is 0 Å². The lowest BCUT2D eigenvalue weighted by Crippen LogP contribution is -2.44. The molecule has 2 rings (SSSR count). The Morgan fingerprint density at radius 1 is 1.53 bits per heavy atom. The lowest BCUT2D eigenvalue weighted by molar-refractivity contribution is 0.291. The Bertz CT molecular complexity index is 353. The first-order valence-corrected chi connectivity index (χ1v) is 7.13. The highest BCUT2D eigenvalue weighted by Crippen LogP contribution is 2.10. The van der Waals surface area contributed by atoms with Gasteiger partial charge >= 0.3 is 0 Å². The number of halogens is 1. The van der Waals surface area contributed by atoms with Crippen molar-refractivity contribution in [2.45, 2.75) is 12.6 Å². The molecule has 1 unspecified atom stereocenters. The van der Waals surface area contributed by atoms with Crippen LogP contribution in [0.25, 0.3) is 0 Å². The molecule has 0 radical (unpaired) electrons. The molecular formula is C13H19FN2S. The van der Waals surface area contributed by atoms with Gasteiger partial charge in [0.15, 0.2) is 0 Å². The van der Waals surface area contributed by atoms with Gasteiger partial charge in [-0.1, -0.05) is 12.1 Å². The molecule has 1 saturated heterocycles. The van der Waals surface area contributed by atoms with Crippen molar-refractivity contribution in [1.29, 1.82) is 0 Å². The fourth-order valence-electron chi connectivity index (χ4n) is 2.12. The van der Waals surface area contributed by atoms with Gasteiger partial charge in [-0.3, -0.25) is 0 Å². The summed E-state index contributed by atoms with van der Waals surface area (Å²) in [5.74, 6) is 2.24. The van der Waals surface area contributed by atoms with Crippen molar-refractivity contribution < 1.29 is 4.39 Å². The van der Waals surface area contributed by atoms with Gasteiger partial charge in [-0.05, 0) is 24.7 Å². The monoisotopic (exact) mass is 254 g/mol. The molecule has 1 aliphatic heterocycles. The van der Waals surface area contributed by atoms with Crippen molar-refractivity contribution in [3.63, 3.8) is 0 Å². The summed E-state index contributed by atoms with van der Waals surface area (Å²) in [6, 6.07) is 7.41. The van der Waals surface area contributed by atoms with Crippen LogP contribution in [0.4, 0.5) is 4.39 Å². The summed E-state index contributed by atoms with van der Waals surface area (Å²) < 4.78 is 13.0. The van der Waals surface area contributed by atoms with E-state index >= 15 is 0 Å². The minimum atomic E-state index is -0.151. The quantitative estimate of drug-likeness (QED) is 0.884. The summed E-state index contributed by atoms with van der Waals surface area (Å²) >= 11 is 2.00. The van der Waals surface area contributed by atoms with E-state index < -0.39 is 0 Å². The first-order valence-electron chi connectivity index (χ1n) is 5.98. The SMILES string of the molecule is CN(Cc1cccc(F)c1)CC1CSCCN1. The Morgan fingerprint density at radius 3 is 3.12 bits per heavy atom. The molecule has 4 heteroatoms. The largest absolute Gasteiger partial charge is 0.311 e. The zero-order chi connectivity index (χ0) is 12.1. The number of hydrogen-bond acceptors (Lipinski definition) is 3. The third-order valence-corrected chi connectivity index (χ3v) is 4.00. The van der Waals surface area contributed by atoms with Crippen LogP contribution in [0, 0.1) is 5.82 Å². The first kappa shape index (κ1) is 12.9. The van der Waals surface area contributed by atoms with Crippen molar-refractivity contribution in [2.24, 2.45) is 0 Å². The molecule has 1 aliphatic rings. The molecule has 2 nitrogen and oxygen atoms in total. The molecule has 94 valence electrons. The molecule has 0 amide bonds. The number of nitrogens with zero attached hydrogens (tertiary/aromatic N) is 1. The average molecular weight is 254 g/mol. The lowest BCUT2D eigenvalue weighted by Gasteiger charge is -2.27. The summed E-state index contributed by atoms with van der Waals surface area (Å²) in [4.78, 5) is 2.25. The van der Waals surface area contributed by atoms with E-state index in [1.54, 1.807) is 12.1 Å². The van der Waals surface area contributed by atoms with Crippen LogP contribution in [0.15, 0.2) is 24.3 Å². The number of nitrogens with one attached hydrogen (secondary N) is 1. The van der Waals surface area contributed by atoms with Crippen LogP contribution in [0.1, 0.15) is 5.56 Å². The minimum Gasteiger partial charge on any atom is -0.311 e. The van der Waals surface area contributed by atoms with Gasteiger partial charge in [-0.25, -0.2) is 4.39 Å². The minimum absolute atomic E-state index is 0.151. The Hall–Kier alpha value is -0.580. The normalized spacial score (nSPS) is 20.8. The molecule has 0 saturated carbocycles. The summed E-state index contributed by atoms with van der Waals surface area (Å²) in [6.07, 6.45) is 0. The van der Waals surface area contributed by atoms with Crippen LogP contribution >= 0.6 is 11.8 Å². The second-order valence-corrected chi connectivity index (χ2v) is 5.70. The van der Waals surface area contributed by atoms with Crippen LogP contribution in [0.5, 0.6) is 0 Å². The van der Waals surface area contributed by atoms with Crippen LogP contribution in [0.2, 0.25) is 0 Å². The molecule has 1 heterocycles. The molecule has 17 heavy (non-hydrogen) atoms. The van der Waals surface area contributed by atoms with Crippen LogP contribution in [0.3, 0.4) is 0 Å². The van der Waals surface area contributed by atoms with E-state index in [-0.39, 0.29) is 5.82 Å². The van der Waals surface area contributed by atoms with E-state index in [0.29, 0.717) is 6.04 Å². The van der Waals surface area contributed by atoms with Crippen LogP contribution < -0.4 is 5.32 Å². The Kier molecular flexibility index (Phi) is 4.83. The predicted octanol–water partition coefficient (Wildman–Crippen LogP) is 1.96. The van der Waals surface area contributed by atoms with Crippen LogP contribution in [-0.2, 0) is 6.54 Å². The fraction of sp³-hybridized carbons (Fsp3) is 0.538. The molecule has 0 spiro atoms. The van der Waals surface area contributed by atoms with Gasteiger partial charge in [0.2, 0.25) is 0 Å². The third kappa shape index (κ3) is 4.30. The van der Waals surface area contributed by atoms with Gasteiger partial charge in [0.25, 0.3) is 0 Å². The van der Waals surface area contributed by atoms with Crippen molar-refractivity contribution >= 4 is 11.8 Å². The number of rotatable bonds is 4. The second-order valence-electron chi connectivity index (χ2n) is 4.55. The maximum Gasteiger partial charge on any atom is 0.123 e. The van der Waals surface area contributed by atoms with Gasteiger partial charge in [0, 0.05) is 37.2 Å². The molecule has 0 bridgehead atoms. The highest BCUT2D eigenvalue weighted by Gasteiger charge is 2.14. The number of hydrogen-bond donors (Lipinski definition) is 1.